The summed E-state index contributed by atoms with van der Waals surface area (Å²) >= 11 is 0. The van der Waals surface area contributed by atoms with E-state index in [-0.39, 0.29) is 0 Å². The van der Waals surface area contributed by atoms with Crippen molar-refractivity contribution in [2.45, 2.75) is 0 Å². The largest absolute Gasteiger partial charge is 0.493 e. The molecule has 0 fully saturated rings. The summed E-state index contributed by atoms with van der Waals surface area (Å²) in [6.45, 7) is 0. The molecule has 1 heterocycles. The van der Waals surface area contributed by atoms with Crippen LogP contribution in [-0.2, 0) is 0 Å². The SMILES string of the molecule is CNc1nc(NC)c2cc(OC)c(OC)cc2n1. The molecule has 0 aliphatic rings. The molecule has 0 aliphatic heterocycles. The zero-order valence-electron chi connectivity index (χ0n) is 10.9. The van der Waals surface area contributed by atoms with Crippen molar-refractivity contribution < 1.29 is 9.47 Å². The third kappa shape index (κ3) is 1.97. The summed E-state index contributed by atoms with van der Waals surface area (Å²) in [5.41, 5.74) is 0.788. The lowest BCUT2D eigenvalue weighted by Gasteiger charge is -2.12. The fourth-order valence-corrected chi connectivity index (χ4v) is 1.76. The van der Waals surface area contributed by atoms with Crippen molar-refractivity contribution in [2.24, 2.45) is 0 Å². The highest BCUT2D eigenvalue weighted by Crippen LogP contribution is 2.34. The number of fused-ring (bicyclic) bond motifs is 1. The average molecular weight is 248 g/mol. The van der Waals surface area contributed by atoms with Crippen LogP contribution < -0.4 is 20.1 Å². The third-order valence-electron chi connectivity index (χ3n) is 2.66. The normalized spacial score (nSPS) is 10.2. The van der Waals surface area contributed by atoms with Crippen molar-refractivity contribution in [3.05, 3.63) is 12.1 Å². The summed E-state index contributed by atoms with van der Waals surface area (Å²) in [7, 11) is 6.80. The van der Waals surface area contributed by atoms with Crippen LogP contribution in [-0.4, -0.2) is 38.3 Å². The molecule has 1 aromatic carbocycles. The molecule has 0 unspecified atom stereocenters. The Morgan fingerprint density at radius 3 is 2.17 bits per heavy atom. The third-order valence-corrected chi connectivity index (χ3v) is 2.66. The molecule has 0 saturated heterocycles. The van der Waals surface area contributed by atoms with E-state index in [2.05, 4.69) is 20.6 Å². The Labute approximate surface area is 105 Å². The summed E-state index contributed by atoms with van der Waals surface area (Å²) in [5, 5.41) is 6.86. The molecule has 0 bridgehead atoms. The van der Waals surface area contributed by atoms with Crippen molar-refractivity contribution in [1.29, 1.82) is 0 Å². The molecule has 2 rings (SSSR count). The molecular weight excluding hydrogens is 232 g/mol. The maximum atomic E-state index is 5.28. The fraction of sp³-hybridized carbons (Fsp3) is 0.333. The lowest BCUT2D eigenvalue weighted by atomic mass is 10.2. The molecule has 0 spiro atoms. The Kier molecular flexibility index (Phi) is 3.36. The van der Waals surface area contributed by atoms with Gasteiger partial charge in [-0.25, -0.2) is 4.98 Å². The van der Waals surface area contributed by atoms with Crippen LogP contribution in [0, 0.1) is 0 Å². The van der Waals surface area contributed by atoms with Crippen LogP contribution in [0.3, 0.4) is 0 Å². The van der Waals surface area contributed by atoms with E-state index in [0.717, 1.165) is 16.7 Å². The van der Waals surface area contributed by atoms with E-state index in [9.17, 15) is 0 Å². The van der Waals surface area contributed by atoms with Crippen LogP contribution in [0.15, 0.2) is 12.1 Å². The summed E-state index contributed by atoms with van der Waals surface area (Å²) in [6.07, 6.45) is 0. The topological polar surface area (TPSA) is 68.3 Å². The number of aromatic nitrogens is 2. The Balaban J connectivity index is 2.74. The Morgan fingerprint density at radius 2 is 1.61 bits per heavy atom. The van der Waals surface area contributed by atoms with E-state index in [1.54, 1.807) is 21.3 Å². The molecule has 6 heteroatoms. The molecule has 0 aliphatic carbocycles. The van der Waals surface area contributed by atoms with E-state index < -0.39 is 0 Å². The number of nitrogens with zero attached hydrogens (tertiary/aromatic N) is 2. The quantitative estimate of drug-likeness (QED) is 0.858. The molecular formula is C12H16N4O2. The minimum Gasteiger partial charge on any atom is -0.493 e. The highest BCUT2D eigenvalue weighted by Gasteiger charge is 2.11. The van der Waals surface area contributed by atoms with Gasteiger partial charge in [0, 0.05) is 25.5 Å². The highest BCUT2D eigenvalue weighted by molar-refractivity contribution is 5.92. The second kappa shape index (κ2) is 4.95. The molecule has 18 heavy (non-hydrogen) atoms. The smallest absolute Gasteiger partial charge is 0.224 e. The number of nitrogens with one attached hydrogen (secondary N) is 2. The van der Waals surface area contributed by atoms with Crippen molar-refractivity contribution in [3.63, 3.8) is 0 Å². The lowest BCUT2D eigenvalue weighted by molar-refractivity contribution is 0.356. The second-order valence-corrected chi connectivity index (χ2v) is 3.62. The minimum atomic E-state index is 0.555. The Bertz CT molecular complexity index is 571. The maximum absolute atomic E-state index is 5.28. The molecule has 0 amide bonds. The van der Waals surface area contributed by atoms with Gasteiger partial charge in [0.2, 0.25) is 5.95 Å². The van der Waals surface area contributed by atoms with Crippen LogP contribution in [0.1, 0.15) is 0 Å². The number of benzene rings is 1. The summed E-state index contributed by atoms with van der Waals surface area (Å²) in [4.78, 5) is 8.73. The Hall–Kier alpha value is -2.24. The van der Waals surface area contributed by atoms with E-state index in [0.29, 0.717) is 17.4 Å². The van der Waals surface area contributed by atoms with Crippen LogP contribution in [0.5, 0.6) is 11.5 Å². The predicted molar refractivity (Wildman–Crippen MR) is 71.7 cm³/mol. The van der Waals surface area contributed by atoms with Crippen molar-refractivity contribution in [2.75, 3.05) is 38.9 Å². The molecule has 96 valence electrons. The second-order valence-electron chi connectivity index (χ2n) is 3.62. The maximum Gasteiger partial charge on any atom is 0.224 e. The van der Waals surface area contributed by atoms with E-state index in [4.69, 9.17) is 9.47 Å². The number of hydrogen-bond donors (Lipinski definition) is 2. The monoisotopic (exact) mass is 248 g/mol. The molecule has 6 nitrogen and oxygen atoms in total. The first kappa shape index (κ1) is 12.2. The van der Waals surface area contributed by atoms with Gasteiger partial charge in [-0.1, -0.05) is 0 Å². The molecule has 2 aromatic rings. The van der Waals surface area contributed by atoms with E-state index in [1.165, 1.54) is 0 Å². The molecule has 0 radical (unpaired) electrons. The first-order valence-electron chi connectivity index (χ1n) is 5.52. The van der Waals surface area contributed by atoms with Crippen LogP contribution in [0.4, 0.5) is 11.8 Å². The van der Waals surface area contributed by atoms with Gasteiger partial charge in [0.15, 0.2) is 11.5 Å². The van der Waals surface area contributed by atoms with E-state index in [1.807, 2.05) is 19.2 Å². The van der Waals surface area contributed by atoms with Gasteiger partial charge < -0.3 is 20.1 Å². The summed E-state index contributed by atoms with van der Waals surface area (Å²) in [5.74, 6) is 2.60. The zero-order valence-corrected chi connectivity index (χ0v) is 10.9. The number of hydrogen-bond acceptors (Lipinski definition) is 6. The van der Waals surface area contributed by atoms with Gasteiger partial charge in [-0.3, -0.25) is 0 Å². The predicted octanol–water partition coefficient (Wildman–Crippen LogP) is 1.73. The molecule has 1 aromatic heterocycles. The van der Waals surface area contributed by atoms with Gasteiger partial charge in [0.05, 0.1) is 19.7 Å². The van der Waals surface area contributed by atoms with Gasteiger partial charge in [-0.2, -0.15) is 4.98 Å². The highest BCUT2D eigenvalue weighted by atomic mass is 16.5. The standard InChI is InChI=1S/C12H16N4O2/c1-13-11-7-5-9(17-3)10(18-4)6-8(7)15-12(14-2)16-11/h5-6H,1-4H3,(H2,13,14,15,16). The summed E-state index contributed by atoms with van der Waals surface area (Å²) in [6, 6.07) is 3.69. The number of ether oxygens (including phenoxy) is 2. The molecule has 0 saturated carbocycles. The van der Waals surface area contributed by atoms with Gasteiger partial charge >= 0.3 is 0 Å². The lowest BCUT2D eigenvalue weighted by Crippen LogP contribution is -2.02. The zero-order chi connectivity index (χ0) is 13.1. The van der Waals surface area contributed by atoms with Gasteiger partial charge in [-0.15, -0.1) is 0 Å². The van der Waals surface area contributed by atoms with Crippen molar-refractivity contribution in [3.8, 4) is 11.5 Å². The number of methoxy groups -OCH3 is 2. The average Bonchev–Trinajstić information content (AvgIpc) is 2.44. The van der Waals surface area contributed by atoms with Gasteiger partial charge in [-0.05, 0) is 6.07 Å². The fourth-order valence-electron chi connectivity index (χ4n) is 1.76. The molecule has 2 N–H and O–H groups in total. The number of rotatable bonds is 4. The first-order chi connectivity index (χ1) is 8.73. The van der Waals surface area contributed by atoms with Crippen LogP contribution in [0.2, 0.25) is 0 Å². The van der Waals surface area contributed by atoms with Crippen LogP contribution >= 0.6 is 0 Å². The van der Waals surface area contributed by atoms with Gasteiger partial charge in [0.25, 0.3) is 0 Å². The first-order valence-corrected chi connectivity index (χ1v) is 5.52. The minimum absolute atomic E-state index is 0.555. The van der Waals surface area contributed by atoms with E-state index >= 15 is 0 Å². The molecule has 0 atom stereocenters. The van der Waals surface area contributed by atoms with Crippen LogP contribution in [0.25, 0.3) is 10.9 Å². The number of anilines is 2. The van der Waals surface area contributed by atoms with Crippen molar-refractivity contribution in [1.82, 2.24) is 9.97 Å². The van der Waals surface area contributed by atoms with Crippen molar-refractivity contribution >= 4 is 22.7 Å². The summed E-state index contributed by atoms with van der Waals surface area (Å²) < 4.78 is 10.5. The Morgan fingerprint density at radius 1 is 0.944 bits per heavy atom. The van der Waals surface area contributed by atoms with Gasteiger partial charge in [0.1, 0.15) is 5.82 Å².